The van der Waals surface area contributed by atoms with Crippen molar-refractivity contribution in [3.63, 3.8) is 0 Å². The highest BCUT2D eigenvalue weighted by molar-refractivity contribution is 5.90. The lowest BCUT2D eigenvalue weighted by atomic mass is 9.70. The molecule has 4 unspecified atom stereocenters. The molecule has 0 amide bonds. The van der Waals surface area contributed by atoms with Gasteiger partial charge in [0.25, 0.3) is 0 Å². The number of aryl methyl sites for hydroxylation is 1. The van der Waals surface area contributed by atoms with Crippen molar-refractivity contribution in [1.29, 1.82) is 0 Å². The number of nitrogens with zero attached hydrogens (tertiary/aromatic N) is 2. The Morgan fingerprint density at radius 3 is 1.67 bits per heavy atom. The standard InChI is InChI=1S/C30H26N2O4/c1-19-7-3-4-8-23(19)26-25-10-6-5-9-24(25)20(2)27(35-29(33)21-11-15-31-16-12-21)28(26)36-30(34)22-13-17-32-18-14-22/h3-18,20,26-28H,1-2H3. The minimum atomic E-state index is -0.748. The molecule has 6 nitrogen and oxygen atoms in total. The van der Waals surface area contributed by atoms with E-state index in [1.54, 1.807) is 49.1 Å². The lowest BCUT2D eigenvalue weighted by Gasteiger charge is -2.42. The SMILES string of the molecule is Cc1ccccc1C1c2ccccc2C(C)C(OC(=O)c2ccncc2)C1OC(=O)c1ccncc1. The van der Waals surface area contributed by atoms with Crippen molar-refractivity contribution in [2.75, 3.05) is 0 Å². The normalized spacial score (nSPS) is 20.7. The summed E-state index contributed by atoms with van der Waals surface area (Å²) in [7, 11) is 0. The molecule has 0 aliphatic heterocycles. The summed E-state index contributed by atoms with van der Waals surface area (Å²) in [5, 5.41) is 0. The van der Waals surface area contributed by atoms with Crippen molar-refractivity contribution in [2.24, 2.45) is 0 Å². The Balaban J connectivity index is 1.62. The summed E-state index contributed by atoms with van der Waals surface area (Å²) in [4.78, 5) is 34.5. The van der Waals surface area contributed by atoms with E-state index in [-0.39, 0.29) is 11.8 Å². The summed E-state index contributed by atoms with van der Waals surface area (Å²) in [6.07, 6.45) is 4.74. The first-order chi connectivity index (χ1) is 17.5. The minimum absolute atomic E-state index is 0.206. The lowest BCUT2D eigenvalue weighted by molar-refractivity contribution is -0.0532. The molecule has 0 N–H and O–H groups in total. The van der Waals surface area contributed by atoms with E-state index < -0.39 is 24.1 Å². The van der Waals surface area contributed by atoms with Crippen LogP contribution in [0.5, 0.6) is 0 Å². The van der Waals surface area contributed by atoms with Crippen LogP contribution >= 0.6 is 0 Å². The highest BCUT2D eigenvalue weighted by atomic mass is 16.6. The Labute approximate surface area is 210 Å². The monoisotopic (exact) mass is 478 g/mol. The fourth-order valence-corrected chi connectivity index (χ4v) is 4.98. The first-order valence-corrected chi connectivity index (χ1v) is 11.9. The van der Waals surface area contributed by atoms with E-state index in [0.717, 1.165) is 22.3 Å². The fourth-order valence-electron chi connectivity index (χ4n) is 4.98. The number of esters is 2. The van der Waals surface area contributed by atoms with Gasteiger partial charge in [-0.2, -0.15) is 0 Å². The number of ether oxygens (including phenoxy) is 2. The molecule has 4 atom stereocenters. The predicted octanol–water partition coefficient (Wildman–Crippen LogP) is 5.49. The van der Waals surface area contributed by atoms with Gasteiger partial charge in [-0.3, -0.25) is 9.97 Å². The predicted molar refractivity (Wildman–Crippen MR) is 135 cm³/mol. The number of pyridine rings is 2. The van der Waals surface area contributed by atoms with Crippen LogP contribution in [0.1, 0.15) is 61.7 Å². The van der Waals surface area contributed by atoms with E-state index >= 15 is 0 Å². The summed E-state index contributed by atoms with van der Waals surface area (Å²) in [5.74, 6) is -1.50. The molecule has 180 valence electrons. The van der Waals surface area contributed by atoms with Gasteiger partial charge in [-0.05, 0) is 53.4 Å². The topological polar surface area (TPSA) is 78.4 Å². The maximum absolute atomic E-state index is 13.3. The molecule has 0 saturated heterocycles. The molecule has 36 heavy (non-hydrogen) atoms. The number of carbonyl (C=O) groups is 2. The van der Waals surface area contributed by atoms with E-state index in [0.29, 0.717) is 11.1 Å². The number of benzene rings is 2. The number of fused-ring (bicyclic) bond motifs is 1. The Kier molecular flexibility index (Phi) is 6.58. The molecular weight excluding hydrogens is 452 g/mol. The molecule has 0 saturated carbocycles. The molecule has 0 fully saturated rings. The molecule has 2 aromatic heterocycles. The Morgan fingerprint density at radius 1 is 0.639 bits per heavy atom. The summed E-state index contributed by atoms with van der Waals surface area (Å²) in [6.45, 7) is 4.04. The smallest absolute Gasteiger partial charge is 0.338 e. The Bertz CT molecular complexity index is 1370. The second-order valence-corrected chi connectivity index (χ2v) is 8.96. The quantitative estimate of drug-likeness (QED) is 0.353. The average Bonchev–Trinajstić information content (AvgIpc) is 2.92. The second kappa shape index (κ2) is 10.1. The van der Waals surface area contributed by atoms with E-state index in [1.165, 1.54) is 0 Å². The van der Waals surface area contributed by atoms with Crippen molar-refractivity contribution in [3.05, 3.63) is 131 Å². The maximum atomic E-state index is 13.3. The van der Waals surface area contributed by atoms with Gasteiger partial charge in [0.05, 0.1) is 17.0 Å². The van der Waals surface area contributed by atoms with Gasteiger partial charge in [0.2, 0.25) is 0 Å². The van der Waals surface area contributed by atoms with E-state index in [4.69, 9.17) is 9.47 Å². The van der Waals surface area contributed by atoms with Crippen molar-refractivity contribution < 1.29 is 19.1 Å². The Hall–Kier alpha value is -4.32. The van der Waals surface area contributed by atoms with E-state index in [1.807, 2.05) is 50.2 Å². The third-order valence-corrected chi connectivity index (χ3v) is 6.81. The molecule has 2 heterocycles. The molecule has 0 spiro atoms. The van der Waals surface area contributed by atoms with Crippen LogP contribution in [0.3, 0.4) is 0 Å². The van der Waals surface area contributed by atoms with Gasteiger partial charge in [-0.1, -0.05) is 55.5 Å². The highest BCUT2D eigenvalue weighted by Gasteiger charge is 2.46. The van der Waals surface area contributed by atoms with Crippen LogP contribution in [0.2, 0.25) is 0 Å². The van der Waals surface area contributed by atoms with E-state index in [2.05, 4.69) is 22.1 Å². The highest BCUT2D eigenvalue weighted by Crippen LogP contribution is 2.46. The lowest BCUT2D eigenvalue weighted by Crippen LogP contribution is -2.46. The summed E-state index contributed by atoms with van der Waals surface area (Å²) >= 11 is 0. The first-order valence-electron chi connectivity index (χ1n) is 11.9. The van der Waals surface area contributed by atoms with E-state index in [9.17, 15) is 9.59 Å². The summed E-state index contributed by atoms with van der Waals surface area (Å²) < 4.78 is 12.4. The van der Waals surface area contributed by atoms with Gasteiger partial charge >= 0.3 is 11.9 Å². The summed E-state index contributed by atoms with van der Waals surface area (Å²) in [6, 6.07) is 22.6. The average molecular weight is 479 g/mol. The van der Waals surface area contributed by atoms with Gasteiger partial charge < -0.3 is 9.47 Å². The molecule has 6 heteroatoms. The number of hydrogen-bond acceptors (Lipinski definition) is 6. The van der Waals surface area contributed by atoms with Crippen LogP contribution in [-0.2, 0) is 9.47 Å². The molecular formula is C30H26N2O4. The maximum Gasteiger partial charge on any atom is 0.338 e. The molecule has 0 bridgehead atoms. The fraction of sp³-hybridized carbons (Fsp3) is 0.200. The zero-order valence-electron chi connectivity index (χ0n) is 20.1. The van der Waals surface area contributed by atoms with Crippen LogP contribution in [0.4, 0.5) is 0 Å². The second-order valence-electron chi connectivity index (χ2n) is 8.96. The van der Waals surface area contributed by atoms with Crippen LogP contribution in [0, 0.1) is 6.92 Å². The molecule has 0 radical (unpaired) electrons. The first kappa shape index (κ1) is 23.4. The van der Waals surface area contributed by atoms with Gasteiger partial charge in [-0.25, -0.2) is 9.59 Å². The third-order valence-electron chi connectivity index (χ3n) is 6.81. The van der Waals surface area contributed by atoms with Crippen molar-refractivity contribution in [1.82, 2.24) is 9.97 Å². The largest absolute Gasteiger partial charge is 0.454 e. The van der Waals surface area contributed by atoms with Gasteiger partial charge in [-0.15, -0.1) is 0 Å². The number of hydrogen-bond donors (Lipinski definition) is 0. The number of rotatable bonds is 5. The zero-order valence-corrected chi connectivity index (χ0v) is 20.1. The Morgan fingerprint density at radius 2 is 1.11 bits per heavy atom. The molecule has 2 aromatic carbocycles. The van der Waals surface area contributed by atoms with Crippen LogP contribution in [0.15, 0.2) is 97.6 Å². The zero-order chi connectivity index (χ0) is 25.1. The summed E-state index contributed by atoms with van der Waals surface area (Å²) in [5.41, 5.74) is 4.99. The molecule has 1 aliphatic carbocycles. The number of aromatic nitrogens is 2. The van der Waals surface area contributed by atoms with Crippen molar-refractivity contribution in [3.8, 4) is 0 Å². The molecule has 5 rings (SSSR count). The molecule has 4 aromatic rings. The van der Waals surface area contributed by atoms with Gasteiger partial charge in [0.15, 0.2) is 6.10 Å². The molecule has 1 aliphatic rings. The minimum Gasteiger partial charge on any atom is -0.454 e. The van der Waals surface area contributed by atoms with Crippen LogP contribution < -0.4 is 0 Å². The number of carbonyl (C=O) groups excluding carboxylic acids is 2. The van der Waals surface area contributed by atoms with Crippen molar-refractivity contribution >= 4 is 11.9 Å². The van der Waals surface area contributed by atoms with Crippen LogP contribution in [-0.4, -0.2) is 34.1 Å². The van der Waals surface area contributed by atoms with Gasteiger partial charge in [0.1, 0.15) is 6.10 Å². The van der Waals surface area contributed by atoms with Gasteiger partial charge in [0, 0.05) is 30.7 Å². The van der Waals surface area contributed by atoms with Crippen LogP contribution in [0.25, 0.3) is 0 Å². The third kappa shape index (κ3) is 4.50. The van der Waals surface area contributed by atoms with Crippen molar-refractivity contribution in [2.45, 2.75) is 37.9 Å².